The number of ketones is 1. The van der Waals surface area contributed by atoms with Crippen molar-refractivity contribution >= 4 is 21.7 Å². The Morgan fingerprint density at radius 1 is 1.47 bits per heavy atom. The molecule has 1 unspecified atom stereocenters. The first-order valence-corrected chi connectivity index (χ1v) is 5.82. The van der Waals surface area contributed by atoms with Gasteiger partial charge in [-0.1, -0.05) is 41.1 Å². The fourth-order valence-electron chi connectivity index (χ4n) is 1.21. The number of benzene rings is 1. The Balaban J connectivity index is 2.80. The topological polar surface area (TPSA) is 43.1 Å². The maximum atomic E-state index is 11.9. The molecule has 1 atom stereocenters. The van der Waals surface area contributed by atoms with Gasteiger partial charge in [-0.25, -0.2) is 0 Å². The van der Waals surface area contributed by atoms with Crippen molar-refractivity contribution in [2.75, 3.05) is 0 Å². The van der Waals surface area contributed by atoms with E-state index in [0.717, 1.165) is 10.0 Å². The van der Waals surface area contributed by atoms with Gasteiger partial charge in [0.2, 0.25) is 0 Å². The van der Waals surface area contributed by atoms with Crippen LogP contribution in [0.3, 0.4) is 0 Å². The lowest BCUT2D eigenvalue weighted by Gasteiger charge is -2.21. The van der Waals surface area contributed by atoms with E-state index in [1.807, 2.05) is 31.2 Å². The van der Waals surface area contributed by atoms with Crippen molar-refractivity contribution in [1.29, 1.82) is 0 Å². The number of Topliss-reactive ketones (excluding diaryl/α,β-unsaturated/α-hetero) is 1. The molecule has 0 aromatic heterocycles. The lowest BCUT2D eigenvalue weighted by atomic mass is 9.90. The zero-order valence-corrected chi connectivity index (χ0v) is 10.7. The first kappa shape index (κ1) is 12.4. The van der Waals surface area contributed by atoms with Gasteiger partial charge in [0.05, 0.1) is 5.54 Å². The molecule has 0 saturated heterocycles. The second-order valence-electron chi connectivity index (χ2n) is 3.96. The number of hydrogen-bond acceptors (Lipinski definition) is 2. The van der Waals surface area contributed by atoms with E-state index in [1.54, 1.807) is 6.92 Å². The highest BCUT2D eigenvalue weighted by Crippen LogP contribution is 2.19. The second kappa shape index (κ2) is 4.90. The van der Waals surface area contributed by atoms with E-state index >= 15 is 0 Å². The predicted octanol–water partition coefficient (Wildman–Crippen LogP) is 2.69. The van der Waals surface area contributed by atoms with E-state index in [2.05, 4.69) is 15.9 Å². The molecule has 1 aromatic rings. The van der Waals surface area contributed by atoms with Crippen LogP contribution in [0.15, 0.2) is 28.7 Å². The molecule has 0 amide bonds. The normalized spacial score (nSPS) is 14.7. The number of carbonyl (C=O) groups excluding carboxylic acids is 1. The lowest BCUT2D eigenvalue weighted by molar-refractivity contribution is -0.123. The van der Waals surface area contributed by atoms with Crippen LogP contribution < -0.4 is 5.73 Å². The van der Waals surface area contributed by atoms with Crippen LogP contribution in [-0.4, -0.2) is 11.3 Å². The van der Waals surface area contributed by atoms with Crippen molar-refractivity contribution in [1.82, 2.24) is 0 Å². The minimum atomic E-state index is -0.713. The molecule has 1 aromatic carbocycles. The van der Waals surface area contributed by atoms with Crippen molar-refractivity contribution in [3.63, 3.8) is 0 Å². The number of rotatable bonds is 4. The van der Waals surface area contributed by atoms with E-state index in [0.29, 0.717) is 12.8 Å². The van der Waals surface area contributed by atoms with Gasteiger partial charge >= 0.3 is 0 Å². The number of carbonyl (C=O) groups is 1. The summed E-state index contributed by atoms with van der Waals surface area (Å²) in [6.45, 7) is 3.71. The molecule has 0 fully saturated rings. The molecule has 2 N–H and O–H groups in total. The molecule has 0 aliphatic carbocycles. The monoisotopic (exact) mass is 269 g/mol. The Morgan fingerprint density at radius 3 is 2.60 bits per heavy atom. The molecule has 1 rings (SSSR count). The second-order valence-corrected chi connectivity index (χ2v) is 4.82. The molecular formula is C12H16BrNO. The lowest BCUT2D eigenvalue weighted by Crippen LogP contribution is -2.45. The Hall–Kier alpha value is -0.670. The van der Waals surface area contributed by atoms with Crippen molar-refractivity contribution in [2.45, 2.75) is 32.2 Å². The number of hydrogen-bond donors (Lipinski definition) is 1. The summed E-state index contributed by atoms with van der Waals surface area (Å²) < 4.78 is 0.963. The third kappa shape index (κ3) is 3.14. The van der Waals surface area contributed by atoms with Crippen LogP contribution in [0, 0.1) is 0 Å². The van der Waals surface area contributed by atoms with E-state index in [9.17, 15) is 4.79 Å². The van der Waals surface area contributed by atoms with Crippen molar-refractivity contribution in [3.8, 4) is 0 Å². The van der Waals surface area contributed by atoms with Gasteiger partial charge in [0.1, 0.15) is 0 Å². The first-order chi connectivity index (χ1) is 6.97. The molecule has 0 saturated carbocycles. The minimum absolute atomic E-state index is 0.0805. The van der Waals surface area contributed by atoms with Gasteiger partial charge in [-0.15, -0.1) is 0 Å². The van der Waals surface area contributed by atoms with Crippen LogP contribution >= 0.6 is 15.9 Å². The van der Waals surface area contributed by atoms with Gasteiger partial charge in [0.25, 0.3) is 0 Å². The van der Waals surface area contributed by atoms with Crippen LogP contribution in [0.5, 0.6) is 0 Å². The fourth-order valence-corrected chi connectivity index (χ4v) is 1.64. The van der Waals surface area contributed by atoms with Gasteiger partial charge in [0.15, 0.2) is 5.78 Å². The standard InChI is InChI=1S/C12H16BrNO/c1-3-12(2,14)11(15)8-9-6-4-5-7-10(9)13/h4-7H,3,8,14H2,1-2H3. The largest absolute Gasteiger partial charge is 0.319 e. The summed E-state index contributed by atoms with van der Waals surface area (Å²) >= 11 is 3.42. The van der Waals surface area contributed by atoms with Gasteiger partial charge < -0.3 is 5.73 Å². The highest BCUT2D eigenvalue weighted by molar-refractivity contribution is 9.10. The fraction of sp³-hybridized carbons (Fsp3) is 0.417. The van der Waals surface area contributed by atoms with Gasteiger partial charge in [-0.05, 0) is 25.0 Å². The summed E-state index contributed by atoms with van der Waals surface area (Å²) in [4.78, 5) is 11.9. The van der Waals surface area contributed by atoms with Gasteiger partial charge in [-0.2, -0.15) is 0 Å². The minimum Gasteiger partial charge on any atom is -0.319 e. The highest BCUT2D eigenvalue weighted by Gasteiger charge is 2.25. The van der Waals surface area contributed by atoms with E-state index in [1.165, 1.54) is 0 Å². The van der Waals surface area contributed by atoms with Crippen LogP contribution in [-0.2, 0) is 11.2 Å². The third-order valence-corrected chi connectivity index (χ3v) is 3.45. The third-order valence-electron chi connectivity index (χ3n) is 2.68. The molecule has 0 aliphatic rings. The van der Waals surface area contributed by atoms with Gasteiger partial charge in [0, 0.05) is 10.9 Å². The van der Waals surface area contributed by atoms with Crippen LogP contribution in [0.1, 0.15) is 25.8 Å². The van der Waals surface area contributed by atoms with Crippen LogP contribution in [0.4, 0.5) is 0 Å². The highest BCUT2D eigenvalue weighted by atomic mass is 79.9. The summed E-state index contributed by atoms with van der Waals surface area (Å²) in [6, 6.07) is 7.73. The molecule has 0 radical (unpaired) electrons. The summed E-state index contributed by atoms with van der Waals surface area (Å²) in [5, 5.41) is 0. The smallest absolute Gasteiger partial charge is 0.156 e. The first-order valence-electron chi connectivity index (χ1n) is 5.03. The van der Waals surface area contributed by atoms with Gasteiger partial charge in [-0.3, -0.25) is 4.79 Å². The molecule has 82 valence electrons. The Kier molecular flexibility index (Phi) is 4.05. The Labute approximate surface area is 99.0 Å². The zero-order valence-electron chi connectivity index (χ0n) is 9.09. The molecule has 3 heteroatoms. The summed E-state index contributed by atoms with van der Waals surface area (Å²) in [5.74, 6) is 0.0805. The molecule has 0 heterocycles. The maximum Gasteiger partial charge on any atom is 0.156 e. The summed E-state index contributed by atoms with van der Waals surface area (Å²) in [5.41, 5.74) is 6.17. The Bertz CT molecular complexity index is 360. The average Bonchev–Trinajstić information content (AvgIpc) is 2.21. The van der Waals surface area contributed by atoms with Crippen LogP contribution in [0.25, 0.3) is 0 Å². The molecule has 2 nitrogen and oxygen atoms in total. The van der Waals surface area contributed by atoms with Crippen LogP contribution in [0.2, 0.25) is 0 Å². The van der Waals surface area contributed by atoms with E-state index < -0.39 is 5.54 Å². The average molecular weight is 270 g/mol. The predicted molar refractivity (Wildman–Crippen MR) is 65.7 cm³/mol. The molecule has 15 heavy (non-hydrogen) atoms. The quantitative estimate of drug-likeness (QED) is 0.914. The number of halogens is 1. The van der Waals surface area contributed by atoms with E-state index in [-0.39, 0.29) is 5.78 Å². The molecule has 0 spiro atoms. The van der Waals surface area contributed by atoms with Crippen molar-refractivity contribution in [2.24, 2.45) is 5.73 Å². The van der Waals surface area contributed by atoms with Crippen molar-refractivity contribution in [3.05, 3.63) is 34.3 Å². The molecular weight excluding hydrogens is 254 g/mol. The van der Waals surface area contributed by atoms with Crippen molar-refractivity contribution < 1.29 is 4.79 Å². The maximum absolute atomic E-state index is 11.9. The summed E-state index contributed by atoms with van der Waals surface area (Å²) in [6.07, 6.45) is 1.05. The summed E-state index contributed by atoms with van der Waals surface area (Å²) in [7, 11) is 0. The zero-order chi connectivity index (χ0) is 11.5. The Morgan fingerprint density at radius 2 is 2.07 bits per heavy atom. The number of nitrogens with two attached hydrogens (primary N) is 1. The molecule has 0 bridgehead atoms. The van der Waals surface area contributed by atoms with E-state index in [4.69, 9.17) is 5.73 Å². The molecule has 0 aliphatic heterocycles. The SMILES string of the molecule is CCC(C)(N)C(=O)Cc1ccccc1Br.